The molecule has 0 aliphatic rings. The van der Waals surface area contributed by atoms with Crippen LogP contribution in [0.2, 0.25) is 0 Å². The van der Waals surface area contributed by atoms with Gasteiger partial charge in [-0.3, -0.25) is 9.59 Å². The van der Waals surface area contributed by atoms with Crippen molar-refractivity contribution in [1.82, 2.24) is 10.2 Å². The first kappa shape index (κ1) is 23.2. The molecule has 6 nitrogen and oxygen atoms in total. The highest BCUT2D eigenvalue weighted by Crippen LogP contribution is 2.16. The number of nitrogens with zero attached hydrogens (tertiary/aromatic N) is 1. The molecule has 0 aliphatic heterocycles. The second-order valence-electron chi connectivity index (χ2n) is 6.93. The molecule has 0 radical (unpaired) electrons. The monoisotopic (exact) mass is 416 g/mol. The van der Waals surface area contributed by atoms with E-state index in [2.05, 4.69) is 5.32 Å². The molecule has 0 saturated heterocycles. The molecule has 0 saturated carbocycles. The van der Waals surface area contributed by atoms with Crippen LogP contribution in [0.1, 0.15) is 32.3 Å². The summed E-state index contributed by atoms with van der Waals surface area (Å²) in [7, 11) is 1.58. The van der Waals surface area contributed by atoms with Gasteiger partial charge in [0.05, 0.1) is 7.11 Å². The van der Waals surface area contributed by atoms with E-state index in [4.69, 9.17) is 9.47 Å². The third-order valence-electron chi connectivity index (χ3n) is 4.68. The molecule has 2 amide bonds. The number of rotatable bonds is 11. The SMILES string of the molecule is CCCCNC(=O)C(C)N(Cc1ccc(OC)cc1)C(=O)COc1ccc(F)cc1. The lowest BCUT2D eigenvalue weighted by Gasteiger charge is -2.28. The van der Waals surface area contributed by atoms with Crippen molar-refractivity contribution in [3.05, 3.63) is 59.9 Å². The first-order valence-electron chi connectivity index (χ1n) is 10.0. The minimum absolute atomic E-state index is 0.216. The summed E-state index contributed by atoms with van der Waals surface area (Å²) in [5.74, 6) is 0.156. The third kappa shape index (κ3) is 7.06. The number of unbranched alkanes of at least 4 members (excludes halogenated alkanes) is 1. The number of halogens is 1. The van der Waals surface area contributed by atoms with E-state index in [0.717, 1.165) is 18.4 Å². The van der Waals surface area contributed by atoms with Gasteiger partial charge in [0, 0.05) is 13.1 Å². The van der Waals surface area contributed by atoms with Gasteiger partial charge in [-0.15, -0.1) is 0 Å². The molecular formula is C23H29FN2O4. The molecule has 0 fully saturated rings. The van der Waals surface area contributed by atoms with E-state index in [-0.39, 0.29) is 30.8 Å². The lowest BCUT2D eigenvalue weighted by Crippen LogP contribution is -2.49. The van der Waals surface area contributed by atoms with Crippen molar-refractivity contribution in [3.8, 4) is 11.5 Å². The zero-order valence-electron chi connectivity index (χ0n) is 17.7. The van der Waals surface area contributed by atoms with Gasteiger partial charge in [0.1, 0.15) is 23.4 Å². The largest absolute Gasteiger partial charge is 0.497 e. The van der Waals surface area contributed by atoms with Gasteiger partial charge in [0.25, 0.3) is 5.91 Å². The summed E-state index contributed by atoms with van der Waals surface area (Å²) in [6, 6.07) is 12.1. The smallest absolute Gasteiger partial charge is 0.261 e. The van der Waals surface area contributed by atoms with Crippen molar-refractivity contribution in [2.45, 2.75) is 39.3 Å². The zero-order chi connectivity index (χ0) is 21.9. The highest BCUT2D eigenvalue weighted by molar-refractivity contribution is 5.87. The number of hydrogen-bond donors (Lipinski definition) is 1. The molecule has 0 aliphatic carbocycles. The number of carbonyl (C=O) groups excluding carboxylic acids is 2. The summed E-state index contributed by atoms with van der Waals surface area (Å²) in [6.07, 6.45) is 1.84. The minimum atomic E-state index is -0.673. The number of carbonyl (C=O) groups is 2. The van der Waals surface area contributed by atoms with Crippen LogP contribution in [0.25, 0.3) is 0 Å². The van der Waals surface area contributed by atoms with Crippen LogP contribution in [-0.2, 0) is 16.1 Å². The maximum absolute atomic E-state index is 13.0. The summed E-state index contributed by atoms with van der Waals surface area (Å²) < 4.78 is 23.7. The van der Waals surface area contributed by atoms with Crippen LogP contribution >= 0.6 is 0 Å². The molecule has 1 atom stereocenters. The molecule has 0 spiro atoms. The van der Waals surface area contributed by atoms with E-state index in [0.29, 0.717) is 18.0 Å². The molecule has 0 aromatic heterocycles. The summed E-state index contributed by atoms with van der Waals surface area (Å²) in [5.41, 5.74) is 0.860. The van der Waals surface area contributed by atoms with Crippen molar-refractivity contribution in [1.29, 1.82) is 0 Å². The van der Waals surface area contributed by atoms with E-state index in [1.165, 1.54) is 29.2 Å². The fraction of sp³-hybridized carbons (Fsp3) is 0.391. The number of nitrogens with one attached hydrogen (secondary N) is 1. The molecule has 1 unspecified atom stereocenters. The molecule has 30 heavy (non-hydrogen) atoms. The number of benzene rings is 2. The van der Waals surface area contributed by atoms with Gasteiger partial charge in [-0.05, 0) is 55.3 Å². The molecule has 0 bridgehead atoms. The number of amides is 2. The van der Waals surface area contributed by atoms with Crippen LogP contribution in [0, 0.1) is 5.82 Å². The highest BCUT2D eigenvalue weighted by Gasteiger charge is 2.26. The Morgan fingerprint density at radius 2 is 1.70 bits per heavy atom. The maximum Gasteiger partial charge on any atom is 0.261 e. The minimum Gasteiger partial charge on any atom is -0.497 e. The van der Waals surface area contributed by atoms with Gasteiger partial charge in [0.15, 0.2) is 6.61 Å². The van der Waals surface area contributed by atoms with Gasteiger partial charge >= 0.3 is 0 Å². The Morgan fingerprint density at radius 1 is 1.07 bits per heavy atom. The molecule has 2 rings (SSSR count). The van der Waals surface area contributed by atoms with Gasteiger partial charge in [-0.25, -0.2) is 4.39 Å². The first-order chi connectivity index (χ1) is 14.4. The molecular weight excluding hydrogens is 387 g/mol. The summed E-state index contributed by atoms with van der Waals surface area (Å²) in [6.45, 7) is 4.30. The van der Waals surface area contributed by atoms with Crippen molar-refractivity contribution in [2.24, 2.45) is 0 Å². The van der Waals surface area contributed by atoms with Crippen molar-refractivity contribution in [3.63, 3.8) is 0 Å². The van der Waals surface area contributed by atoms with Crippen LogP contribution in [-0.4, -0.2) is 43.0 Å². The summed E-state index contributed by atoms with van der Waals surface area (Å²) in [4.78, 5) is 26.9. The summed E-state index contributed by atoms with van der Waals surface area (Å²) in [5, 5.41) is 2.87. The van der Waals surface area contributed by atoms with Crippen LogP contribution in [0.15, 0.2) is 48.5 Å². The second kappa shape index (κ2) is 11.8. The fourth-order valence-corrected chi connectivity index (χ4v) is 2.81. The van der Waals surface area contributed by atoms with Crippen LogP contribution in [0.3, 0.4) is 0 Å². The average molecular weight is 416 g/mol. The van der Waals surface area contributed by atoms with Gasteiger partial charge in [-0.1, -0.05) is 25.5 Å². The Balaban J connectivity index is 2.10. The number of methoxy groups -OCH3 is 1. The molecule has 2 aromatic rings. The average Bonchev–Trinajstić information content (AvgIpc) is 2.77. The Kier molecular flexibility index (Phi) is 9.12. The zero-order valence-corrected chi connectivity index (χ0v) is 17.7. The van der Waals surface area contributed by atoms with Gasteiger partial charge < -0.3 is 19.7 Å². The molecule has 2 aromatic carbocycles. The fourth-order valence-electron chi connectivity index (χ4n) is 2.81. The highest BCUT2D eigenvalue weighted by atomic mass is 19.1. The third-order valence-corrected chi connectivity index (χ3v) is 4.68. The Hall–Kier alpha value is -3.09. The molecule has 1 N–H and O–H groups in total. The van der Waals surface area contributed by atoms with E-state index >= 15 is 0 Å². The Morgan fingerprint density at radius 3 is 2.30 bits per heavy atom. The summed E-state index contributed by atoms with van der Waals surface area (Å²) >= 11 is 0. The second-order valence-corrected chi connectivity index (χ2v) is 6.93. The quantitative estimate of drug-likeness (QED) is 0.569. The number of ether oxygens (including phenoxy) is 2. The topological polar surface area (TPSA) is 67.9 Å². The Labute approximate surface area is 177 Å². The van der Waals surface area contributed by atoms with E-state index in [1.54, 1.807) is 26.2 Å². The molecule has 0 heterocycles. The van der Waals surface area contributed by atoms with Gasteiger partial charge in [-0.2, -0.15) is 0 Å². The van der Waals surface area contributed by atoms with Gasteiger partial charge in [0.2, 0.25) is 5.91 Å². The van der Waals surface area contributed by atoms with Crippen LogP contribution in [0.5, 0.6) is 11.5 Å². The van der Waals surface area contributed by atoms with Crippen LogP contribution < -0.4 is 14.8 Å². The van der Waals surface area contributed by atoms with E-state index < -0.39 is 6.04 Å². The van der Waals surface area contributed by atoms with Crippen LogP contribution in [0.4, 0.5) is 4.39 Å². The predicted molar refractivity (Wildman–Crippen MR) is 113 cm³/mol. The number of hydrogen-bond acceptors (Lipinski definition) is 4. The maximum atomic E-state index is 13.0. The first-order valence-corrected chi connectivity index (χ1v) is 10.0. The van der Waals surface area contributed by atoms with Crippen molar-refractivity contribution in [2.75, 3.05) is 20.3 Å². The van der Waals surface area contributed by atoms with Crippen molar-refractivity contribution >= 4 is 11.8 Å². The molecule has 7 heteroatoms. The normalized spacial score (nSPS) is 11.5. The lowest BCUT2D eigenvalue weighted by molar-refractivity contribution is -0.142. The van der Waals surface area contributed by atoms with E-state index in [1.807, 2.05) is 19.1 Å². The standard InChI is InChI=1S/C23H29FN2O4/c1-4-5-14-25-23(28)17(2)26(15-18-6-10-20(29-3)11-7-18)22(27)16-30-21-12-8-19(24)9-13-21/h6-13,17H,4-5,14-16H2,1-3H3,(H,25,28). The predicted octanol–water partition coefficient (Wildman–Crippen LogP) is 3.55. The lowest BCUT2D eigenvalue weighted by atomic mass is 10.1. The van der Waals surface area contributed by atoms with E-state index in [9.17, 15) is 14.0 Å². The Bertz CT molecular complexity index is 809. The van der Waals surface area contributed by atoms with Crippen molar-refractivity contribution < 1.29 is 23.5 Å². The molecule has 162 valence electrons.